The van der Waals surface area contributed by atoms with Gasteiger partial charge in [0.05, 0.1) is 27.8 Å². The van der Waals surface area contributed by atoms with Crippen molar-refractivity contribution in [3.63, 3.8) is 0 Å². The molecule has 0 amide bonds. The number of fused-ring (bicyclic) bond motifs is 3. The lowest BCUT2D eigenvalue weighted by Crippen LogP contribution is -2.75. The van der Waals surface area contributed by atoms with Crippen LogP contribution in [-0.4, -0.2) is 12.6 Å². The highest BCUT2D eigenvalue weighted by Gasteiger charge is 2.43. The number of hydrogen-bond donors (Lipinski definition) is 0. The SMILES string of the molecule is N#Cc1cc(-c2ccccc2[Si](c2ccccc2)(c2ccccc2)c2ccccc2)c(-n2c3ccccc3c3ccccc32)cc1C#N. The predicted octanol–water partition coefficient (Wildman–Crippen LogP) is 7.57. The number of aromatic nitrogens is 1. The molecule has 1 aromatic heterocycles. The molecule has 8 rings (SSSR count). The molecule has 7 aromatic carbocycles. The number of rotatable bonds is 6. The van der Waals surface area contributed by atoms with Crippen LogP contribution in [0.2, 0.25) is 0 Å². The summed E-state index contributed by atoms with van der Waals surface area (Å²) in [5, 5.41) is 27.9. The van der Waals surface area contributed by atoms with Crippen molar-refractivity contribution < 1.29 is 0 Å². The fourth-order valence-electron chi connectivity index (χ4n) is 7.43. The van der Waals surface area contributed by atoms with Crippen molar-refractivity contribution in [1.29, 1.82) is 10.5 Å². The van der Waals surface area contributed by atoms with Gasteiger partial charge in [-0.15, -0.1) is 0 Å². The zero-order valence-corrected chi connectivity index (χ0v) is 27.1. The molecule has 4 heteroatoms. The molecule has 0 atom stereocenters. The van der Waals surface area contributed by atoms with Gasteiger partial charge in [-0.2, -0.15) is 10.5 Å². The number of benzene rings is 7. The van der Waals surface area contributed by atoms with Gasteiger partial charge in [0.2, 0.25) is 0 Å². The molecule has 224 valence electrons. The summed E-state index contributed by atoms with van der Waals surface area (Å²) in [7, 11) is -2.95. The molecule has 0 spiro atoms. The van der Waals surface area contributed by atoms with Crippen LogP contribution in [0.1, 0.15) is 11.1 Å². The number of nitriles is 2. The Kier molecular flexibility index (Phi) is 7.27. The van der Waals surface area contributed by atoms with Gasteiger partial charge < -0.3 is 4.57 Å². The molecule has 3 nitrogen and oxygen atoms in total. The Bertz CT molecular complexity index is 2370. The molecule has 0 fully saturated rings. The van der Waals surface area contributed by atoms with Crippen LogP contribution in [0.3, 0.4) is 0 Å². The second-order valence-corrected chi connectivity index (χ2v) is 15.7. The van der Waals surface area contributed by atoms with Crippen LogP contribution < -0.4 is 20.7 Å². The standard InChI is InChI=1S/C44H29N3Si/c45-30-32-28-40(43(29-33(32)31-46)47-41-25-13-10-22-37(41)38-23-11-14-26-42(38)47)39-24-12-15-27-44(39)48(34-16-4-1-5-17-34,35-18-6-2-7-19-35)36-20-8-3-9-21-36/h1-29H. The molecule has 8 aromatic rings. The van der Waals surface area contributed by atoms with E-state index >= 15 is 0 Å². The molecule has 48 heavy (non-hydrogen) atoms. The Morgan fingerprint density at radius 2 is 0.833 bits per heavy atom. The van der Waals surface area contributed by atoms with Crippen molar-refractivity contribution in [3.8, 4) is 29.0 Å². The molecule has 0 aliphatic rings. The van der Waals surface area contributed by atoms with Gasteiger partial charge in [-0.05, 0) is 50.6 Å². The van der Waals surface area contributed by atoms with Gasteiger partial charge in [0.25, 0.3) is 0 Å². The second-order valence-electron chi connectivity index (χ2n) is 11.9. The molecule has 0 radical (unpaired) electrons. The minimum absolute atomic E-state index is 0.355. The van der Waals surface area contributed by atoms with E-state index < -0.39 is 8.07 Å². The zero-order chi connectivity index (χ0) is 32.5. The van der Waals surface area contributed by atoms with Gasteiger partial charge in [0.1, 0.15) is 12.1 Å². The van der Waals surface area contributed by atoms with Gasteiger partial charge in [0.15, 0.2) is 8.07 Å². The maximum atomic E-state index is 10.3. The summed E-state index contributed by atoms with van der Waals surface area (Å²) in [6, 6.07) is 66.5. The number of para-hydroxylation sites is 2. The van der Waals surface area contributed by atoms with Crippen molar-refractivity contribution in [1.82, 2.24) is 4.57 Å². The Hall–Kier alpha value is -6.46. The van der Waals surface area contributed by atoms with Gasteiger partial charge in [-0.3, -0.25) is 0 Å². The van der Waals surface area contributed by atoms with Crippen molar-refractivity contribution in [2.45, 2.75) is 0 Å². The molecular weight excluding hydrogens is 599 g/mol. The summed E-state index contributed by atoms with van der Waals surface area (Å²) >= 11 is 0. The summed E-state index contributed by atoms with van der Waals surface area (Å²) in [5.74, 6) is 0. The molecule has 0 saturated carbocycles. The van der Waals surface area contributed by atoms with Crippen molar-refractivity contribution >= 4 is 50.6 Å². The molecule has 0 saturated heterocycles. The summed E-state index contributed by atoms with van der Waals surface area (Å²) in [6.45, 7) is 0. The van der Waals surface area contributed by atoms with Crippen LogP contribution in [0.25, 0.3) is 38.6 Å². The van der Waals surface area contributed by atoms with E-state index in [0.717, 1.165) is 38.6 Å². The van der Waals surface area contributed by atoms with E-state index in [2.05, 4.69) is 180 Å². The molecule has 0 N–H and O–H groups in total. The van der Waals surface area contributed by atoms with Crippen molar-refractivity contribution in [2.75, 3.05) is 0 Å². The number of hydrogen-bond acceptors (Lipinski definition) is 2. The third-order valence-electron chi connectivity index (χ3n) is 9.44. The second kappa shape index (κ2) is 12.0. The van der Waals surface area contributed by atoms with Crippen LogP contribution in [0.5, 0.6) is 0 Å². The molecule has 0 bridgehead atoms. The molecule has 1 heterocycles. The quantitative estimate of drug-likeness (QED) is 0.141. The maximum Gasteiger partial charge on any atom is 0.180 e. The third kappa shape index (κ3) is 4.48. The van der Waals surface area contributed by atoms with E-state index in [0.29, 0.717) is 11.1 Å². The van der Waals surface area contributed by atoms with E-state index in [9.17, 15) is 10.5 Å². The highest BCUT2D eigenvalue weighted by molar-refractivity contribution is 7.20. The van der Waals surface area contributed by atoms with Gasteiger partial charge in [0, 0.05) is 16.3 Å². The smallest absolute Gasteiger partial charge is 0.180 e. The van der Waals surface area contributed by atoms with Crippen molar-refractivity contribution in [3.05, 3.63) is 187 Å². The van der Waals surface area contributed by atoms with Gasteiger partial charge in [-0.1, -0.05) is 152 Å². The van der Waals surface area contributed by atoms with Crippen molar-refractivity contribution in [2.24, 2.45) is 0 Å². The fraction of sp³-hybridized carbons (Fsp3) is 0. The highest BCUT2D eigenvalue weighted by atomic mass is 28.3. The first-order valence-electron chi connectivity index (χ1n) is 16.0. The Morgan fingerprint density at radius 1 is 0.417 bits per heavy atom. The van der Waals surface area contributed by atoms with E-state index in [-0.39, 0.29) is 0 Å². The average Bonchev–Trinajstić information content (AvgIpc) is 3.50. The number of nitrogens with zero attached hydrogens (tertiary/aromatic N) is 3. The third-order valence-corrected chi connectivity index (χ3v) is 14.3. The first-order chi connectivity index (χ1) is 23.8. The summed E-state index contributed by atoms with van der Waals surface area (Å²) in [4.78, 5) is 0. The zero-order valence-electron chi connectivity index (χ0n) is 26.1. The molecule has 0 aliphatic heterocycles. The van der Waals surface area contributed by atoms with Crippen LogP contribution >= 0.6 is 0 Å². The van der Waals surface area contributed by atoms with Gasteiger partial charge >= 0.3 is 0 Å². The predicted molar refractivity (Wildman–Crippen MR) is 199 cm³/mol. The van der Waals surface area contributed by atoms with E-state index in [1.165, 1.54) is 20.7 Å². The van der Waals surface area contributed by atoms with E-state index in [1.807, 2.05) is 12.1 Å². The first-order valence-corrected chi connectivity index (χ1v) is 18.0. The summed E-state index contributed by atoms with van der Waals surface area (Å²) in [5.41, 5.74) is 5.62. The maximum absolute atomic E-state index is 10.3. The average molecular weight is 628 g/mol. The molecule has 0 unspecified atom stereocenters. The normalized spacial score (nSPS) is 11.3. The van der Waals surface area contributed by atoms with Gasteiger partial charge in [-0.25, -0.2) is 0 Å². The van der Waals surface area contributed by atoms with Crippen LogP contribution in [0, 0.1) is 22.7 Å². The van der Waals surface area contributed by atoms with Crippen LogP contribution in [-0.2, 0) is 0 Å². The summed E-state index contributed by atoms with van der Waals surface area (Å²) in [6.07, 6.45) is 0. The topological polar surface area (TPSA) is 52.5 Å². The minimum Gasteiger partial charge on any atom is -0.309 e. The monoisotopic (exact) mass is 627 g/mol. The molecule has 0 aliphatic carbocycles. The minimum atomic E-state index is -2.95. The molecular formula is C44H29N3Si. The Morgan fingerprint density at radius 3 is 1.33 bits per heavy atom. The highest BCUT2D eigenvalue weighted by Crippen LogP contribution is 2.37. The van der Waals surface area contributed by atoms with E-state index in [1.54, 1.807) is 0 Å². The lowest BCUT2D eigenvalue weighted by Gasteiger charge is -2.36. The van der Waals surface area contributed by atoms with Crippen LogP contribution in [0.15, 0.2) is 176 Å². The first kappa shape index (κ1) is 29.0. The fourth-order valence-corrected chi connectivity index (χ4v) is 12.4. The largest absolute Gasteiger partial charge is 0.309 e. The lowest BCUT2D eigenvalue weighted by molar-refractivity contribution is 1.18. The van der Waals surface area contributed by atoms with E-state index in [4.69, 9.17) is 0 Å². The Labute approximate surface area is 280 Å². The Balaban J connectivity index is 1.55. The van der Waals surface area contributed by atoms with Crippen LogP contribution in [0.4, 0.5) is 0 Å². The summed E-state index contributed by atoms with van der Waals surface area (Å²) < 4.78 is 2.26. The lowest BCUT2D eigenvalue weighted by atomic mass is 9.97.